The van der Waals surface area contributed by atoms with Gasteiger partial charge in [0.05, 0.1) is 11.8 Å². The molecule has 1 N–H and O–H groups in total. The van der Waals surface area contributed by atoms with Gasteiger partial charge in [-0.25, -0.2) is 5.43 Å². The number of rotatable bonds is 4. The fourth-order valence-corrected chi connectivity index (χ4v) is 3.36. The Morgan fingerprint density at radius 3 is 2.54 bits per heavy atom. The number of benzene rings is 2. The summed E-state index contributed by atoms with van der Waals surface area (Å²) in [6.07, 6.45) is 1.66. The molecule has 0 unspecified atom stereocenters. The molecule has 0 aliphatic heterocycles. The summed E-state index contributed by atoms with van der Waals surface area (Å²) < 4.78 is 2.85. The lowest BCUT2D eigenvalue weighted by atomic mass is 10.2. The lowest BCUT2D eigenvalue weighted by Crippen LogP contribution is -2.18. The van der Waals surface area contributed by atoms with E-state index >= 15 is 0 Å². The normalized spacial score (nSPS) is 11.1. The number of nitrogens with zero attached hydrogens (tertiary/aromatic N) is 2. The van der Waals surface area contributed by atoms with E-state index in [1.807, 2.05) is 62.4 Å². The van der Waals surface area contributed by atoms with Crippen molar-refractivity contribution in [3.8, 4) is 5.69 Å². The van der Waals surface area contributed by atoms with Crippen molar-refractivity contribution in [1.29, 1.82) is 0 Å². The van der Waals surface area contributed by atoms with Gasteiger partial charge < -0.3 is 4.57 Å². The Bertz CT molecular complexity index is 977. The zero-order valence-electron chi connectivity index (χ0n) is 14.3. The number of hydrogen-bond acceptors (Lipinski definition) is 2. The van der Waals surface area contributed by atoms with Crippen molar-refractivity contribution in [3.63, 3.8) is 0 Å². The molecule has 3 aromatic rings. The minimum atomic E-state index is -0.264. The number of aromatic nitrogens is 1. The first-order valence-electron chi connectivity index (χ1n) is 8.00. The van der Waals surface area contributed by atoms with E-state index < -0.39 is 0 Å². The topological polar surface area (TPSA) is 46.4 Å². The van der Waals surface area contributed by atoms with Crippen molar-refractivity contribution < 1.29 is 4.79 Å². The maximum Gasteiger partial charge on any atom is 0.272 e. The van der Waals surface area contributed by atoms with E-state index in [4.69, 9.17) is 11.6 Å². The molecule has 0 saturated carbocycles. The van der Waals surface area contributed by atoms with Gasteiger partial charge >= 0.3 is 0 Å². The Morgan fingerprint density at radius 2 is 1.85 bits per heavy atom. The third kappa shape index (κ3) is 3.89. The van der Waals surface area contributed by atoms with Crippen molar-refractivity contribution in [2.45, 2.75) is 13.8 Å². The summed E-state index contributed by atoms with van der Waals surface area (Å²) >= 11 is 9.33. The summed E-state index contributed by atoms with van der Waals surface area (Å²) in [5.74, 6) is -0.264. The SMILES string of the molecule is Cc1cc(/C=N\NC(=O)c2ccccc2Br)c(C)n1-c1ccc(Cl)cc1. The van der Waals surface area contributed by atoms with Crippen molar-refractivity contribution in [2.24, 2.45) is 5.10 Å². The molecule has 26 heavy (non-hydrogen) atoms. The summed E-state index contributed by atoms with van der Waals surface area (Å²) in [5, 5.41) is 4.80. The van der Waals surface area contributed by atoms with Gasteiger partial charge in [-0.15, -0.1) is 0 Å². The zero-order valence-corrected chi connectivity index (χ0v) is 16.7. The molecule has 3 rings (SSSR count). The minimum absolute atomic E-state index is 0.264. The third-order valence-corrected chi connectivity index (χ3v) is 4.99. The van der Waals surface area contributed by atoms with Gasteiger partial charge in [-0.2, -0.15) is 5.10 Å². The number of carbonyl (C=O) groups excluding carboxylic acids is 1. The lowest BCUT2D eigenvalue weighted by Gasteiger charge is -2.09. The van der Waals surface area contributed by atoms with Gasteiger partial charge in [-0.1, -0.05) is 23.7 Å². The second-order valence-electron chi connectivity index (χ2n) is 5.82. The Balaban J connectivity index is 1.79. The van der Waals surface area contributed by atoms with Gasteiger partial charge in [0.1, 0.15) is 0 Å². The molecule has 1 aromatic heterocycles. The molecule has 0 bridgehead atoms. The van der Waals surface area contributed by atoms with Crippen molar-refractivity contribution >= 4 is 39.7 Å². The number of nitrogens with one attached hydrogen (secondary N) is 1. The van der Waals surface area contributed by atoms with Gasteiger partial charge in [0.15, 0.2) is 0 Å². The first-order valence-corrected chi connectivity index (χ1v) is 9.17. The maximum atomic E-state index is 12.2. The van der Waals surface area contributed by atoms with Crippen LogP contribution >= 0.6 is 27.5 Å². The average Bonchev–Trinajstić information content (AvgIpc) is 2.90. The van der Waals surface area contributed by atoms with Crippen LogP contribution in [-0.2, 0) is 0 Å². The molecule has 0 aliphatic rings. The van der Waals surface area contributed by atoms with Crippen LogP contribution in [0.4, 0.5) is 0 Å². The predicted molar refractivity (Wildman–Crippen MR) is 109 cm³/mol. The third-order valence-electron chi connectivity index (χ3n) is 4.04. The van der Waals surface area contributed by atoms with Crippen LogP contribution in [0.2, 0.25) is 5.02 Å². The summed E-state index contributed by atoms with van der Waals surface area (Å²) in [7, 11) is 0. The van der Waals surface area contributed by atoms with Gasteiger partial charge in [0, 0.05) is 32.1 Å². The molecule has 0 fully saturated rings. The number of carbonyl (C=O) groups is 1. The van der Waals surface area contributed by atoms with Crippen LogP contribution in [0.5, 0.6) is 0 Å². The Labute approximate surface area is 165 Å². The van der Waals surface area contributed by atoms with Crippen molar-refractivity contribution in [1.82, 2.24) is 9.99 Å². The molecule has 0 aliphatic carbocycles. The quantitative estimate of drug-likeness (QED) is 0.444. The van der Waals surface area contributed by atoms with Crippen LogP contribution in [-0.4, -0.2) is 16.7 Å². The Hall–Kier alpha value is -2.37. The van der Waals surface area contributed by atoms with Crippen LogP contribution < -0.4 is 5.43 Å². The number of aryl methyl sites for hydroxylation is 1. The number of halogens is 2. The van der Waals surface area contributed by atoms with E-state index in [1.165, 1.54) is 0 Å². The number of hydrazone groups is 1. The molecule has 132 valence electrons. The number of amides is 1. The van der Waals surface area contributed by atoms with E-state index in [0.717, 1.165) is 27.1 Å². The fourth-order valence-electron chi connectivity index (χ4n) is 2.77. The summed E-state index contributed by atoms with van der Waals surface area (Å²) in [6, 6.07) is 16.9. The molecular weight excluding hydrogens is 414 g/mol. The van der Waals surface area contributed by atoms with E-state index in [1.54, 1.807) is 12.3 Å². The molecule has 2 aromatic carbocycles. The van der Waals surface area contributed by atoms with Crippen LogP contribution in [0.3, 0.4) is 0 Å². The van der Waals surface area contributed by atoms with E-state index in [2.05, 4.69) is 31.0 Å². The lowest BCUT2D eigenvalue weighted by molar-refractivity contribution is 0.0954. The Kier molecular flexibility index (Phi) is 5.59. The fraction of sp³-hybridized carbons (Fsp3) is 0.100. The highest BCUT2D eigenvalue weighted by molar-refractivity contribution is 9.10. The highest BCUT2D eigenvalue weighted by Gasteiger charge is 2.10. The van der Waals surface area contributed by atoms with Gasteiger partial charge in [-0.05, 0) is 72.2 Å². The molecule has 1 amide bonds. The first-order chi connectivity index (χ1) is 12.5. The summed E-state index contributed by atoms with van der Waals surface area (Å²) in [5.41, 5.74) is 7.17. The van der Waals surface area contributed by atoms with Crippen molar-refractivity contribution in [2.75, 3.05) is 0 Å². The summed E-state index contributed by atoms with van der Waals surface area (Å²) in [4.78, 5) is 12.2. The monoisotopic (exact) mass is 429 g/mol. The van der Waals surface area contributed by atoms with Crippen LogP contribution in [0.1, 0.15) is 27.3 Å². The van der Waals surface area contributed by atoms with E-state index in [-0.39, 0.29) is 5.91 Å². The predicted octanol–water partition coefficient (Wildman–Crippen LogP) is 5.27. The van der Waals surface area contributed by atoms with E-state index in [9.17, 15) is 4.79 Å². The van der Waals surface area contributed by atoms with Crippen LogP contribution in [0, 0.1) is 13.8 Å². The van der Waals surface area contributed by atoms with Gasteiger partial charge in [-0.3, -0.25) is 4.79 Å². The van der Waals surface area contributed by atoms with Crippen LogP contribution in [0.25, 0.3) is 5.69 Å². The largest absolute Gasteiger partial charge is 0.318 e. The highest BCUT2D eigenvalue weighted by atomic mass is 79.9. The molecular formula is C20H17BrClN3O. The van der Waals surface area contributed by atoms with E-state index in [0.29, 0.717) is 10.6 Å². The van der Waals surface area contributed by atoms with Crippen molar-refractivity contribution in [3.05, 3.63) is 86.6 Å². The molecule has 1 heterocycles. The summed E-state index contributed by atoms with van der Waals surface area (Å²) in [6.45, 7) is 4.04. The highest BCUT2D eigenvalue weighted by Crippen LogP contribution is 2.21. The standard InChI is InChI=1S/C20H17BrClN3O/c1-13-11-15(14(2)25(13)17-9-7-16(22)8-10-17)12-23-24-20(26)18-5-3-4-6-19(18)21/h3-12H,1-2H3,(H,24,26)/b23-12-. The second-order valence-corrected chi connectivity index (χ2v) is 7.11. The van der Waals surface area contributed by atoms with Crippen LogP contribution in [0.15, 0.2) is 64.2 Å². The molecule has 0 spiro atoms. The first kappa shape index (κ1) is 18.4. The Morgan fingerprint density at radius 1 is 1.15 bits per heavy atom. The zero-order chi connectivity index (χ0) is 18.7. The molecule has 6 heteroatoms. The average molecular weight is 431 g/mol. The molecule has 4 nitrogen and oxygen atoms in total. The van der Waals surface area contributed by atoms with Gasteiger partial charge in [0.25, 0.3) is 5.91 Å². The maximum absolute atomic E-state index is 12.2. The molecule has 0 atom stereocenters. The number of hydrogen-bond donors (Lipinski definition) is 1. The smallest absolute Gasteiger partial charge is 0.272 e. The molecule has 0 saturated heterocycles. The minimum Gasteiger partial charge on any atom is -0.318 e. The molecule has 0 radical (unpaired) electrons. The van der Waals surface area contributed by atoms with Gasteiger partial charge in [0.2, 0.25) is 0 Å². The second kappa shape index (κ2) is 7.89.